The number of halogens is 2. The topological polar surface area (TPSA) is 86.4 Å². The Morgan fingerprint density at radius 3 is 2.68 bits per heavy atom. The maximum atomic E-state index is 12.3. The Hall–Kier alpha value is -3.14. The van der Waals surface area contributed by atoms with Gasteiger partial charge in [-0.3, -0.25) is 9.48 Å². The van der Waals surface area contributed by atoms with Gasteiger partial charge < -0.3 is 14.5 Å². The van der Waals surface area contributed by atoms with E-state index in [2.05, 4.69) is 10.4 Å². The number of alkyl halides is 2. The fourth-order valence-electron chi connectivity index (χ4n) is 2.25. The lowest BCUT2D eigenvalue weighted by Gasteiger charge is -2.07. The second-order valence-electron chi connectivity index (χ2n) is 5.50. The first-order valence-corrected chi connectivity index (χ1v) is 8.95. The monoisotopic (exact) mass is 407 g/mol. The van der Waals surface area contributed by atoms with Crippen molar-refractivity contribution >= 4 is 29.3 Å². The number of benzene rings is 1. The molecule has 1 amide bonds. The number of esters is 1. The van der Waals surface area contributed by atoms with Gasteiger partial charge in [0.25, 0.3) is 11.7 Å². The molecule has 3 aromatic rings. The van der Waals surface area contributed by atoms with E-state index in [1.165, 1.54) is 30.3 Å². The van der Waals surface area contributed by atoms with Crippen molar-refractivity contribution in [3.05, 3.63) is 66.4 Å². The van der Waals surface area contributed by atoms with Crippen molar-refractivity contribution in [1.82, 2.24) is 9.78 Å². The summed E-state index contributed by atoms with van der Waals surface area (Å²) in [6.07, 6.45) is 3.38. The van der Waals surface area contributed by atoms with Crippen LogP contribution in [0.15, 0.2) is 64.2 Å². The number of ether oxygens (including phenoxy) is 1. The lowest BCUT2D eigenvalue weighted by molar-refractivity contribution is -0.119. The fraction of sp³-hybridized carbons (Fsp3) is 0.167. The lowest BCUT2D eigenvalue weighted by Crippen LogP contribution is -2.20. The molecule has 2 aromatic heterocycles. The quantitative estimate of drug-likeness (QED) is 0.453. The van der Waals surface area contributed by atoms with E-state index in [0.29, 0.717) is 34.6 Å². The number of carbonyl (C=O) groups excluding carboxylic acids is 2. The number of furan rings is 1. The number of aromatic nitrogens is 2. The Morgan fingerprint density at radius 2 is 2.00 bits per heavy atom. The van der Waals surface area contributed by atoms with E-state index in [1.807, 2.05) is 0 Å². The van der Waals surface area contributed by atoms with Crippen molar-refractivity contribution in [2.75, 3.05) is 11.9 Å². The molecule has 0 spiro atoms. The first-order chi connectivity index (χ1) is 13.5. The summed E-state index contributed by atoms with van der Waals surface area (Å²) >= 11 is 0.409. The Balaban J connectivity index is 1.46. The molecule has 0 aliphatic rings. The zero-order valence-corrected chi connectivity index (χ0v) is 15.2. The van der Waals surface area contributed by atoms with Crippen LogP contribution in [0, 0.1) is 0 Å². The van der Waals surface area contributed by atoms with Crippen molar-refractivity contribution in [2.24, 2.45) is 0 Å². The van der Waals surface area contributed by atoms with E-state index < -0.39 is 24.2 Å². The number of hydrogen-bond acceptors (Lipinski definition) is 6. The number of hydrogen-bond donors (Lipinski definition) is 1. The molecule has 1 aromatic carbocycles. The van der Waals surface area contributed by atoms with Crippen LogP contribution in [0.5, 0.6) is 0 Å². The van der Waals surface area contributed by atoms with Gasteiger partial charge in [0.2, 0.25) is 5.76 Å². The minimum Gasteiger partial charge on any atom is -0.452 e. The molecular formula is C18H15F2N3O4S. The smallest absolute Gasteiger partial charge is 0.374 e. The molecule has 3 rings (SSSR count). The van der Waals surface area contributed by atoms with E-state index in [-0.39, 0.29) is 5.76 Å². The van der Waals surface area contributed by atoms with Gasteiger partial charge in [-0.25, -0.2) is 4.79 Å². The third-order valence-corrected chi connectivity index (χ3v) is 4.16. The minimum absolute atomic E-state index is 0.0247. The largest absolute Gasteiger partial charge is 0.452 e. The van der Waals surface area contributed by atoms with Crippen LogP contribution in [-0.4, -0.2) is 34.0 Å². The lowest BCUT2D eigenvalue weighted by atomic mass is 10.3. The van der Waals surface area contributed by atoms with E-state index >= 15 is 0 Å². The predicted octanol–water partition coefficient (Wildman–Crippen LogP) is 3.63. The third kappa shape index (κ3) is 5.68. The number of nitrogens with zero attached hydrogens (tertiary/aromatic N) is 2. The molecule has 0 fully saturated rings. The van der Waals surface area contributed by atoms with Crippen LogP contribution >= 0.6 is 11.8 Å². The summed E-state index contributed by atoms with van der Waals surface area (Å²) in [5.41, 5.74) is 0.402. The third-order valence-electron chi connectivity index (χ3n) is 3.44. The van der Waals surface area contributed by atoms with Crippen LogP contribution in [0.1, 0.15) is 16.3 Å². The Kier molecular flexibility index (Phi) is 6.43. The van der Waals surface area contributed by atoms with Gasteiger partial charge in [0, 0.05) is 23.0 Å². The second kappa shape index (κ2) is 9.18. The maximum absolute atomic E-state index is 12.3. The van der Waals surface area contributed by atoms with Crippen molar-refractivity contribution < 1.29 is 27.5 Å². The molecule has 2 heterocycles. The highest BCUT2D eigenvalue weighted by atomic mass is 32.2. The second-order valence-corrected chi connectivity index (χ2v) is 6.56. The van der Waals surface area contributed by atoms with Crippen LogP contribution in [-0.2, 0) is 16.1 Å². The summed E-state index contributed by atoms with van der Waals surface area (Å²) in [6.45, 7) is -0.151. The molecule has 0 bridgehead atoms. The summed E-state index contributed by atoms with van der Waals surface area (Å²) in [5.74, 6) is -3.36. The van der Waals surface area contributed by atoms with Gasteiger partial charge in [0.05, 0.1) is 6.54 Å². The average molecular weight is 407 g/mol. The van der Waals surface area contributed by atoms with Gasteiger partial charge in [0.15, 0.2) is 6.61 Å². The highest BCUT2D eigenvalue weighted by molar-refractivity contribution is 7.99. The maximum Gasteiger partial charge on any atom is 0.374 e. The number of anilines is 1. The van der Waals surface area contributed by atoms with Crippen LogP contribution in [0.3, 0.4) is 0 Å². The number of amides is 1. The van der Waals surface area contributed by atoms with Crippen molar-refractivity contribution in [3.8, 4) is 0 Å². The van der Waals surface area contributed by atoms with Gasteiger partial charge in [-0.15, -0.1) is 0 Å². The van der Waals surface area contributed by atoms with E-state index in [0.717, 1.165) is 0 Å². The van der Waals surface area contributed by atoms with Crippen LogP contribution in [0.25, 0.3) is 0 Å². The van der Waals surface area contributed by atoms with Crippen LogP contribution in [0.2, 0.25) is 0 Å². The number of carbonyl (C=O) groups is 2. The molecule has 7 nitrogen and oxygen atoms in total. The van der Waals surface area contributed by atoms with Gasteiger partial charge in [-0.2, -0.15) is 13.9 Å². The number of rotatable bonds is 8. The molecular weight excluding hydrogens is 392 g/mol. The molecule has 146 valence electrons. The van der Waals surface area contributed by atoms with Gasteiger partial charge in [-0.1, -0.05) is 11.8 Å². The first kappa shape index (κ1) is 19.6. The summed E-state index contributed by atoms with van der Waals surface area (Å²) < 4.78 is 36.5. The summed E-state index contributed by atoms with van der Waals surface area (Å²) in [5, 5.41) is 6.54. The molecule has 0 saturated heterocycles. The summed E-state index contributed by atoms with van der Waals surface area (Å²) in [6, 6.07) is 10.7. The summed E-state index contributed by atoms with van der Waals surface area (Å²) in [4.78, 5) is 24.2. The highest BCUT2D eigenvalue weighted by Crippen LogP contribution is 2.26. The molecule has 1 N–H and O–H groups in total. The Morgan fingerprint density at radius 1 is 1.21 bits per heavy atom. The van der Waals surface area contributed by atoms with E-state index in [4.69, 9.17) is 9.15 Å². The van der Waals surface area contributed by atoms with Crippen LogP contribution in [0.4, 0.5) is 14.5 Å². The zero-order chi connectivity index (χ0) is 19.9. The molecule has 0 radical (unpaired) electrons. The molecule has 0 saturated carbocycles. The highest BCUT2D eigenvalue weighted by Gasteiger charge is 2.15. The van der Waals surface area contributed by atoms with Crippen molar-refractivity contribution in [2.45, 2.75) is 17.2 Å². The first-order valence-electron chi connectivity index (χ1n) is 8.07. The molecule has 0 aliphatic heterocycles. The fourth-order valence-corrected chi connectivity index (χ4v) is 2.74. The molecule has 0 unspecified atom stereocenters. The molecule has 10 heteroatoms. The number of nitrogens with one attached hydrogen (secondary N) is 1. The number of thioether (sulfide) groups is 1. The Bertz CT molecular complexity index is 927. The van der Waals surface area contributed by atoms with Gasteiger partial charge in [-0.05, 0) is 42.5 Å². The zero-order valence-electron chi connectivity index (χ0n) is 14.4. The minimum atomic E-state index is -2.51. The van der Waals surface area contributed by atoms with E-state index in [9.17, 15) is 18.4 Å². The molecule has 0 aliphatic carbocycles. The van der Waals surface area contributed by atoms with Crippen molar-refractivity contribution in [1.29, 1.82) is 0 Å². The Labute approximate surface area is 162 Å². The SMILES string of the molecule is O=C(COC(=O)c1ccc(Cn2cccn2)o1)Nc1ccc(SC(F)F)cc1. The normalized spacial score (nSPS) is 10.8. The standard InChI is InChI=1S/C18H15F2N3O4S/c19-18(20)28-14-5-2-12(3-6-14)22-16(24)11-26-17(25)15-7-4-13(27-15)10-23-9-1-8-21-23/h1-9,18H,10-11H2,(H,22,24). The van der Waals surface area contributed by atoms with Gasteiger partial charge in [0.1, 0.15) is 5.76 Å². The average Bonchev–Trinajstić information content (AvgIpc) is 3.33. The summed E-state index contributed by atoms with van der Waals surface area (Å²) in [7, 11) is 0. The predicted molar refractivity (Wildman–Crippen MR) is 97.3 cm³/mol. The molecule has 28 heavy (non-hydrogen) atoms. The molecule has 0 atom stereocenters. The van der Waals surface area contributed by atoms with Crippen molar-refractivity contribution in [3.63, 3.8) is 0 Å². The van der Waals surface area contributed by atoms with Gasteiger partial charge >= 0.3 is 5.97 Å². The van der Waals surface area contributed by atoms with E-state index in [1.54, 1.807) is 29.2 Å². The van der Waals surface area contributed by atoms with Crippen LogP contribution < -0.4 is 5.32 Å².